The number of anilines is 2. The molecule has 5 nitrogen and oxygen atoms in total. The van der Waals surface area contributed by atoms with Gasteiger partial charge >= 0.3 is 0 Å². The molecule has 4 N–H and O–H groups in total. The predicted octanol–water partition coefficient (Wildman–Crippen LogP) is 1.98. The number of hydrogen-bond donors (Lipinski definition) is 3. The third-order valence-corrected chi connectivity index (χ3v) is 2.71. The molecule has 0 aliphatic carbocycles. The third-order valence-electron chi connectivity index (χ3n) is 2.71. The normalized spacial score (nSPS) is 12.8. The molecule has 0 spiro atoms. The molecule has 0 radical (unpaired) electrons. The number of benzene rings is 1. The van der Waals surface area contributed by atoms with Crippen molar-refractivity contribution < 1.29 is 4.74 Å². The maximum absolute atomic E-state index is 5.72. The Morgan fingerprint density at radius 1 is 1.53 bits per heavy atom. The van der Waals surface area contributed by atoms with Gasteiger partial charge in [0.1, 0.15) is 0 Å². The fraction of sp³-hybridized carbons (Fsp3) is 0.417. The van der Waals surface area contributed by atoms with Crippen LogP contribution in [0, 0.1) is 0 Å². The number of nitrogens with two attached hydrogens (primary N) is 1. The summed E-state index contributed by atoms with van der Waals surface area (Å²) >= 11 is 0. The van der Waals surface area contributed by atoms with Crippen LogP contribution in [0.2, 0.25) is 0 Å². The average Bonchev–Trinajstić information content (AvgIpc) is 2.69. The summed E-state index contributed by atoms with van der Waals surface area (Å²) in [4.78, 5) is 7.65. The smallest absolute Gasteiger partial charge is 0.201 e. The Bertz CT molecular complexity index is 494. The average molecular weight is 234 g/mol. The van der Waals surface area contributed by atoms with Crippen molar-refractivity contribution in [3.8, 4) is 0 Å². The van der Waals surface area contributed by atoms with E-state index in [4.69, 9.17) is 10.5 Å². The number of methoxy groups -OCH3 is 1. The Balaban J connectivity index is 2.18. The lowest BCUT2D eigenvalue weighted by atomic mass is 10.2. The Morgan fingerprint density at radius 2 is 2.35 bits per heavy atom. The van der Waals surface area contributed by atoms with Gasteiger partial charge < -0.3 is 20.8 Å². The number of fused-ring (bicyclic) bond motifs is 1. The zero-order chi connectivity index (χ0) is 12.3. The molecule has 1 unspecified atom stereocenters. The fourth-order valence-electron chi connectivity index (χ4n) is 1.75. The molecule has 0 saturated heterocycles. The third kappa shape index (κ3) is 2.68. The van der Waals surface area contributed by atoms with Gasteiger partial charge in [0.15, 0.2) is 0 Å². The molecule has 1 aromatic carbocycles. The second-order valence-corrected chi connectivity index (χ2v) is 4.07. The van der Waals surface area contributed by atoms with Crippen molar-refractivity contribution in [2.45, 2.75) is 19.4 Å². The standard InChI is InChI=1S/C12H18N4O/c1-3-9(7-17-2)14-12-15-10-5-4-8(13)6-11(10)16-12/h4-6,9H,3,7,13H2,1-2H3,(H2,14,15,16). The first kappa shape index (κ1) is 11.7. The van der Waals surface area contributed by atoms with Gasteiger partial charge in [0, 0.05) is 12.8 Å². The number of aromatic nitrogens is 2. The Hall–Kier alpha value is -1.75. The van der Waals surface area contributed by atoms with Crippen LogP contribution in [0.1, 0.15) is 13.3 Å². The van der Waals surface area contributed by atoms with Crippen LogP contribution >= 0.6 is 0 Å². The lowest BCUT2D eigenvalue weighted by Crippen LogP contribution is -2.24. The van der Waals surface area contributed by atoms with Gasteiger partial charge in [-0.25, -0.2) is 4.98 Å². The van der Waals surface area contributed by atoms with Crippen LogP contribution < -0.4 is 11.1 Å². The first-order valence-corrected chi connectivity index (χ1v) is 5.73. The number of rotatable bonds is 5. The molecule has 0 bridgehead atoms. The van der Waals surface area contributed by atoms with E-state index in [9.17, 15) is 0 Å². The van der Waals surface area contributed by atoms with Crippen molar-refractivity contribution in [2.24, 2.45) is 0 Å². The SMILES string of the molecule is CCC(COC)Nc1nc2ccc(N)cc2[nH]1. The van der Waals surface area contributed by atoms with Gasteiger partial charge in [-0.05, 0) is 24.6 Å². The molecule has 5 heteroatoms. The molecule has 0 saturated carbocycles. The summed E-state index contributed by atoms with van der Waals surface area (Å²) in [7, 11) is 1.70. The largest absolute Gasteiger partial charge is 0.399 e. The van der Waals surface area contributed by atoms with Crippen molar-refractivity contribution in [1.82, 2.24) is 9.97 Å². The summed E-state index contributed by atoms with van der Waals surface area (Å²) < 4.78 is 5.14. The van der Waals surface area contributed by atoms with Gasteiger partial charge in [0.2, 0.25) is 5.95 Å². The summed E-state index contributed by atoms with van der Waals surface area (Å²) in [5.74, 6) is 0.759. The van der Waals surface area contributed by atoms with Crippen LogP contribution in [0.3, 0.4) is 0 Å². The van der Waals surface area contributed by atoms with Crippen LogP contribution in [-0.4, -0.2) is 29.7 Å². The first-order chi connectivity index (χ1) is 8.22. The summed E-state index contributed by atoms with van der Waals surface area (Å²) in [6.07, 6.45) is 0.979. The Labute approximate surface area is 100 Å². The Morgan fingerprint density at radius 3 is 3.06 bits per heavy atom. The molecule has 0 fully saturated rings. The van der Waals surface area contributed by atoms with Crippen LogP contribution in [-0.2, 0) is 4.74 Å². The number of nitrogens with zero attached hydrogens (tertiary/aromatic N) is 1. The minimum Gasteiger partial charge on any atom is -0.399 e. The summed E-state index contributed by atoms with van der Waals surface area (Å²) in [6.45, 7) is 2.77. The fourth-order valence-corrected chi connectivity index (χ4v) is 1.75. The lowest BCUT2D eigenvalue weighted by Gasteiger charge is -2.14. The zero-order valence-corrected chi connectivity index (χ0v) is 10.2. The van der Waals surface area contributed by atoms with Gasteiger partial charge in [0.25, 0.3) is 0 Å². The van der Waals surface area contributed by atoms with Gasteiger partial charge in [0.05, 0.1) is 23.7 Å². The maximum atomic E-state index is 5.72. The zero-order valence-electron chi connectivity index (χ0n) is 10.2. The molecule has 1 atom stereocenters. The molecule has 17 heavy (non-hydrogen) atoms. The number of ether oxygens (including phenoxy) is 1. The first-order valence-electron chi connectivity index (χ1n) is 5.73. The van der Waals surface area contributed by atoms with E-state index in [2.05, 4.69) is 22.2 Å². The number of hydrogen-bond acceptors (Lipinski definition) is 4. The van der Waals surface area contributed by atoms with Crippen molar-refractivity contribution in [1.29, 1.82) is 0 Å². The van der Waals surface area contributed by atoms with E-state index in [1.807, 2.05) is 18.2 Å². The number of nitrogens with one attached hydrogen (secondary N) is 2. The van der Waals surface area contributed by atoms with Crippen molar-refractivity contribution in [3.63, 3.8) is 0 Å². The highest BCUT2D eigenvalue weighted by Gasteiger charge is 2.08. The van der Waals surface area contributed by atoms with Crippen LogP contribution in [0.15, 0.2) is 18.2 Å². The highest BCUT2D eigenvalue weighted by Crippen LogP contribution is 2.17. The molecule has 2 aromatic rings. The van der Waals surface area contributed by atoms with E-state index in [1.54, 1.807) is 7.11 Å². The van der Waals surface area contributed by atoms with E-state index in [0.29, 0.717) is 6.61 Å². The van der Waals surface area contributed by atoms with E-state index in [0.717, 1.165) is 29.1 Å². The van der Waals surface area contributed by atoms with Crippen LogP contribution in [0.5, 0.6) is 0 Å². The topological polar surface area (TPSA) is 76.0 Å². The highest BCUT2D eigenvalue weighted by atomic mass is 16.5. The maximum Gasteiger partial charge on any atom is 0.201 e. The van der Waals surface area contributed by atoms with E-state index < -0.39 is 0 Å². The molecular weight excluding hydrogens is 216 g/mol. The van der Waals surface area contributed by atoms with Gasteiger partial charge in [-0.2, -0.15) is 0 Å². The quantitative estimate of drug-likeness (QED) is 0.691. The second-order valence-electron chi connectivity index (χ2n) is 4.07. The van der Waals surface area contributed by atoms with Gasteiger partial charge in [-0.1, -0.05) is 6.92 Å². The molecule has 2 rings (SSSR count). The summed E-state index contributed by atoms with van der Waals surface area (Å²) in [5, 5.41) is 3.31. The van der Waals surface area contributed by atoms with Crippen LogP contribution in [0.4, 0.5) is 11.6 Å². The lowest BCUT2D eigenvalue weighted by molar-refractivity contribution is 0.184. The van der Waals surface area contributed by atoms with E-state index >= 15 is 0 Å². The molecular formula is C12H18N4O. The summed E-state index contributed by atoms with van der Waals surface area (Å²) in [5.41, 5.74) is 8.31. The molecule has 0 aliphatic heterocycles. The molecule has 0 amide bonds. The summed E-state index contributed by atoms with van der Waals surface area (Å²) in [6, 6.07) is 5.89. The van der Waals surface area contributed by atoms with Crippen molar-refractivity contribution >= 4 is 22.7 Å². The van der Waals surface area contributed by atoms with E-state index in [-0.39, 0.29) is 6.04 Å². The number of nitrogen functional groups attached to an aromatic ring is 1. The van der Waals surface area contributed by atoms with Crippen molar-refractivity contribution in [2.75, 3.05) is 24.8 Å². The molecule has 1 aromatic heterocycles. The Kier molecular flexibility index (Phi) is 3.49. The van der Waals surface area contributed by atoms with E-state index in [1.165, 1.54) is 0 Å². The molecule has 92 valence electrons. The highest BCUT2D eigenvalue weighted by molar-refractivity contribution is 5.80. The predicted molar refractivity (Wildman–Crippen MR) is 70.1 cm³/mol. The minimum atomic E-state index is 0.262. The number of H-pyrrole nitrogens is 1. The molecule has 0 aliphatic rings. The molecule has 1 heterocycles. The van der Waals surface area contributed by atoms with Gasteiger partial charge in [-0.3, -0.25) is 0 Å². The number of imidazole rings is 1. The van der Waals surface area contributed by atoms with Crippen LogP contribution in [0.25, 0.3) is 11.0 Å². The monoisotopic (exact) mass is 234 g/mol. The van der Waals surface area contributed by atoms with Gasteiger partial charge in [-0.15, -0.1) is 0 Å². The minimum absolute atomic E-state index is 0.262. The number of aromatic amines is 1. The second kappa shape index (κ2) is 5.05. The van der Waals surface area contributed by atoms with Crippen molar-refractivity contribution in [3.05, 3.63) is 18.2 Å².